The Balaban J connectivity index is 1.92. The number of esters is 1. The molecule has 0 fully saturated rings. The summed E-state index contributed by atoms with van der Waals surface area (Å²) in [5, 5.41) is 1.30. The topological polar surface area (TPSA) is 47.4 Å². The number of ether oxygens (including phenoxy) is 1. The second kappa shape index (κ2) is 7.60. The molecule has 0 saturated carbocycles. The molecule has 0 atom stereocenters. The van der Waals surface area contributed by atoms with Crippen molar-refractivity contribution in [2.75, 3.05) is 20.7 Å². The number of likely N-dealkylation sites (N-methyl/N-ethyl adjacent to an activating group) is 1. The standard InChI is InChI=1S/C23H25N3O2/c1-16-4-5-21-19(12-16)20-15-25(2)11-8-22(20)26(21)14-18(13-23(27)28-3)17-6-9-24-10-7-17/h4-7,9-10,12,14H,8,11,13,15H2,1-3H3. The second-order valence-corrected chi connectivity index (χ2v) is 7.45. The molecule has 3 aromatic rings. The molecule has 0 unspecified atom stereocenters. The fourth-order valence-electron chi connectivity index (χ4n) is 3.96. The first-order chi connectivity index (χ1) is 13.6. The van der Waals surface area contributed by atoms with Crippen LogP contribution in [-0.2, 0) is 22.5 Å². The summed E-state index contributed by atoms with van der Waals surface area (Å²) in [6.45, 7) is 4.10. The van der Waals surface area contributed by atoms with Crippen molar-refractivity contribution in [1.82, 2.24) is 14.5 Å². The van der Waals surface area contributed by atoms with Gasteiger partial charge in [-0.3, -0.25) is 9.78 Å². The molecule has 0 N–H and O–H groups in total. The first-order valence-electron chi connectivity index (χ1n) is 9.55. The SMILES string of the molecule is COC(=O)CC(=Cn1c2c(c3cc(C)ccc31)CN(C)CC2)c1ccncc1. The Kier molecular flexibility index (Phi) is 5.01. The maximum Gasteiger partial charge on any atom is 0.310 e. The highest BCUT2D eigenvalue weighted by atomic mass is 16.5. The van der Waals surface area contributed by atoms with Crippen LogP contribution in [0.15, 0.2) is 42.7 Å². The minimum atomic E-state index is -0.246. The van der Waals surface area contributed by atoms with E-state index in [1.165, 1.54) is 34.8 Å². The average molecular weight is 375 g/mol. The van der Waals surface area contributed by atoms with Crippen LogP contribution in [0.2, 0.25) is 0 Å². The highest BCUT2D eigenvalue weighted by Crippen LogP contribution is 2.33. The van der Waals surface area contributed by atoms with Crippen LogP contribution >= 0.6 is 0 Å². The first-order valence-corrected chi connectivity index (χ1v) is 9.55. The van der Waals surface area contributed by atoms with Crippen molar-refractivity contribution in [2.24, 2.45) is 0 Å². The number of hydrogen-bond acceptors (Lipinski definition) is 4. The third-order valence-electron chi connectivity index (χ3n) is 5.43. The van der Waals surface area contributed by atoms with E-state index in [0.29, 0.717) is 0 Å². The van der Waals surface area contributed by atoms with Gasteiger partial charge in [-0.15, -0.1) is 0 Å². The van der Waals surface area contributed by atoms with Gasteiger partial charge in [-0.05, 0) is 54.9 Å². The van der Waals surface area contributed by atoms with Crippen LogP contribution in [-0.4, -0.2) is 41.1 Å². The van der Waals surface area contributed by atoms with Crippen LogP contribution in [0.5, 0.6) is 0 Å². The van der Waals surface area contributed by atoms with Crippen molar-refractivity contribution in [3.8, 4) is 0 Å². The minimum Gasteiger partial charge on any atom is -0.469 e. The summed E-state index contributed by atoms with van der Waals surface area (Å²) in [6, 6.07) is 10.5. The van der Waals surface area contributed by atoms with Crippen LogP contribution in [0.3, 0.4) is 0 Å². The van der Waals surface area contributed by atoms with E-state index >= 15 is 0 Å². The summed E-state index contributed by atoms with van der Waals surface area (Å²) in [4.78, 5) is 18.5. The molecule has 0 amide bonds. The average Bonchev–Trinajstić information content (AvgIpc) is 3.00. The number of carbonyl (C=O) groups excluding carboxylic acids is 1. The molecule has 144 valence electrons. The summed E-state index contributed by atoms with van der Waals surface area (Å²) in [5.74, 6) is -0.246. The Labute approximate surface area is 165 Å². The van der Waals surface area contributed by atoms with Crippen LogP contribution in [0.25, 0.3) is 22.7 Å². The molecular formula is C23H25N3O2. The number of fused-ring (bicyclic) bond motifs is 3. The molecule has 0 bridgehead atoms. The molecule has 1 aliphatic heterocycles. The predicted octanol–water partition coefficient (Wildman–Crippen LogP) is 3.89. The normalized spacial score (nSPS) is 14.9. The molecule has 0 radical (unpaired) electrons. The van der Waals surface area contributed by atoms with Crippen molar-refractivity contribution in [3.05, 3.63) is 65.1 Å². The van der Waals surface area contributed by atoms with E-state index in [1.54, 1.807) is 12.4 Å². The largest absolute Gasteiger partial charge is 0.469 e. The Bertz CT molecular complexity index is 1050. The van der Waals surface area contributed by atoms with E-state index in [4.69, 9.17) is 4.74 Å². The van der Waals surface area contributed by atoms with Gasteiger partial charge in [-0.1, -0.05) is 11.6 Å². The molecule has 4 rings (SSSR count). The summed E-state index contributed by atoms with van der Waals surface area (Å²) in [6.07, 6.45) is 6.82. The maximum atomic E-state index is 12.1. The number of aromatic nitrogens is 2. The van der Waals surface area contributed by atoms with Crippen LogP contribution in [0, 0.1) is 6.92 Å². The van der Waals surface area contributed by atoms with E-state index in [9.17, 15) is 4.79 Å². The van der Waals surface area contributed by atoms with Gasteiger partial charge in [-0.25, -0.2) is 0 Å². The first kappa shape index (κ1) is 18.4. The second-order valence-electron chi connectivity index (χ2n) is 7.45. The monoisotopic (exact) mass is 375 g/mol. The molecule has 5 nitrogen and oxygen atoms in total. The number of carbonyl (C=O) groups is 1. The molecule has 5 heteroatoms. The molecule has 0 spiro atoms. The predicted molar refractivity (Wildman–Crippen MR) is 112 cm³/mol. The van der Waals surface area contributed by atoms with Crippen molar-refractivity contribution in [1.29, 1.82) is 0 Å². The lowest BCUT2D eigenvalue weighted by atomic mass is 10.0. The van der Waals surface area contributed by atoms with E-state index in [2.05, 4.69) is 52.8 Å². The van der Waals surface area contributed by atoms with Crippen LogP contribution in [0.1, 0.15) is 28.8 Å². The fourth-order valence-corrected chi connectivity index (χ4v) is 3.96. The molecule has 28 heavy (non-hydrogen) atoms. The Hall–Kier alpha value is -2.92. The quantitative estimate of drug-likeness (QED) is 0.649. The highest BCUT2D eigenvalue weighted by molar-refractivity contribution is 5.94. The van der Waals surface area contributed by atoms with Crippen molar-refractivity contribution < 1.29 is 9.53 Å². The molecule has 0 aliphatic carbocycles. The third-order valence-corrected chi connectivity index (χ3v) is 5.43. The van der Waals surface area contributed by atoms with Gasteiger partial charge in [0.05, 0.1) is 19.0 Å². The summed E-state index contributed by atoms with van der Waals surface area (Å²) in [7, 11) is 3.59. The summed E-state index contributed by atoms with van der Waals surface area (Å²) in [5.41, 5.74) is 7.06. The Morgan fingerprint density at radius 3 is 2.79 bits per heavy atom. The number of pyridine rings is 1. The van der Waals surface area contributed by atoms with Gasteiger partial charge >= 0.3 is 5.97 Å². The van der Waals surface area contributed by atoms with Gasteiger partial charge in [-0.2, -0.15) is 0 Å². The molecule has 1 aromatic carbocycles. The smallest absolute Gasteiger partial charge is 0.310 e. The van der Waals surface area contributed by atoms with Gasteiger partial charge in [0.1, 0.15) is 0 Å². The minimum absolute atomic E-state index is 0.223. The zero-order valence-electron chi connectivity index (χ0n) is 16.6. The van der Waals surface area contributed by atoms with E-state index in [0.717, 1.165) is 30.6 Å². The van der Waals surface area contributed by atoms with Gasteiger partial charge < -0.3 is 14.2 Å². The number of benzene rings is 1. The number of methoxy groups -OCH3 is 1. The van der Waals surface area contributed by atoms with Crippen LogP contribution in [0.4, 0.5) is 0 Å². The summed E-state index contributed by atoms with van der Waals surface area (Å²) < 4.78 is 7.21. The zero-order valence-corrected chi connectivity index (χ0v) is 16.6. The van der Waals surface area contributed by atoms with E-state index < -0.39 is 0 Å². The van der Waals surface area contributed by atoms with Gasteiger partial charge in [0.25, 0.3) is 0 Å². The molecule has 2 aromatic heterocycles. The highest BCUT2D eigenvalue weighted by Gasteiger charge is 2.22. The number of nitrogens with zero attached hydrogens (tertiary/aromatic N) is 3. The Morgan fingerprint density at radius 1 is 1.25 bits per heavy atom. The number of hydrogen-bond donors (Lipinski definition) is 0. The lowest BCUT2D eigenvalue weighted by molar-refractivity contribution is -0.139. The molecule has 3 heterocycles. The van der Waals surface area contributed by atoms with Crippen molar-refractivity contribution >= 4 is 28.6 Å². The van der Waals surface area contributed by atoms with E-state index in [-0.39, 0.29) is 12.4 Å². The summed E-state index contributed by atoms with van der Waals surface area (Å²) >= 11 is 0. The van der Waals surface area contributed by atoms with Gasteiger partial charge in [0, 0.05) is 49.2 Å². The molecular weight excluding hydrogens is 350 g/mol. The van der Waals surface area contributed by atoms with Gasteiger partial charge in [0.2, 0.25) is 0 Å². The number of rotatable bonds is 4. The number of aryl methyl sites for hydroxylation is 1. The maximum absolute atomic E-state index is 12.1. The van der Waals surface area contributed by atoms with E-state index in [1.807, 2.05) is 12.1 Å². The zero-order chi connectivity index (χ0) is 19.7. The van der Waals surface area contributed by atoms with Crippen LogP contribution < -0.4 is 0 Å². The lowest BCUT2D eigenvalue weighted by Crippen LogP contribution is -2.26. The molecule has 0 saturated heterocycles. The van der Waals surface area contributed by atoms with Crippen molar-refractivity contribution in [3.63, 3.8) is 0 Å². The van der Waals surface area contributed by atoms with Crippen molar-refractivity contribution in [2.45, 2.75) is 26.3 Å². The Morgan fingerprint density at radius 2 is 2.04 bits per heavy atom. The molecule has 1 aliphatic rings. The third kappa shape index (κ3) is 3.45. The lowest BCUT2D eigenvalue weighted by Gasteiger charge is -2.23. The fraction of sp³-hybridized carbons (Fsp3) is 0.304. The van der Waals surface area contributed by atoms with Gasteiger partial charge in [0.15, 0.2) is 0 Å².